The Hall–Kier alpha value is -1.76. The van der Waals surface area contributed by atoms with E-state index >= 15 is 0 Å². The summed E-state index contributed by atoms with van der Waals surface area (Å²) in [5.74, 6) is -0.633. The second kappa shape index (κ2) is 3.18. The molecule has 14 heavy (non-hydrogen) atoms. The van der Waals surface area contributed by atoms with Gasteiger partial charge in [-0.15, -0.1) is 0 Å². The molecule has 0 atom stereocenters. The summed E-state index contributed by atoms with van der Waals surface area (Å²) < 4.78 is 18.4. The van der Waals surface area contributed by atoms with Gasteiger partial charge in [0.1, 0.15) is 17.3 Å². The molecule has 0 fully saturated rings. The summed E-state index contributed by atoms with van der Waals surface area (Å²) in [5, 5.41) is 9.43. The third-order valence-electron chi connectivity index (χ3n) is 2.22. The van der Waals surface area contributed by atoms with Gasteiger partial charge in [0.2, 0.25) is 0 Å². The molecule has 0 aliphatic carbocycles. The highest BCUT2D eigenvalue weighted by atomic mass is 19.1. The summed E-state index contributed by atoms with van der Waals surface area (Å²) in [6, 6.07) is 0.973. The van der Waals surface area contributed by atoms with E-state index in [9.17, 15) is 9.50 Å². The molecule has 1 heterocycles. The largest absolute Gasteiger partial charge is 0.508 e. The van der Waals surface area contributed by atoms with Crippen LogP contribution in [0, 0.1) is 12.4 Å². The van der Waals surface area contributed by atoms with Crippen molar-refractivity contribution >= 4 is 5.69 Å². The molecule has 3 nitrogen and oxygen atoms in total. The van der Waals surface area contributed by atoms with Crippen molar-refractivity contribution in [2.45, 2.75) is 12.8 Å². The van der Waals surface area contributed by atoms with Gasteiger partial charge in [0.05, 0.1) is 13.2 Å². The lowest BCUT2D eigenvalue weighted by molar-refractivity contribution is 0.284. The molecule has 0 spiro atoms. The number of hydrogen-bond acceptors (Lipinski definition) is 2. The van der Waals surface area contributed by atoms with Crippen molar-refractivity contribution in [3.63, 3.8) is 0 Å². The molecule has 0 aromatic heterocycles. The molecule has 1 N–H and O–H groups in total. The van der Waals surface area contributed by atoms with Crippen molar-refractivity contribution in [1.82, 2.24) is 0 Å². The number of hydrogen-bond donors (Lipinski definition) is 1. The first-order chi connectivity index (χ1) is 6.74. The lowest BCUT2D eigenvalue weighted by atomic mass is 10.0. The Balaban J connectivity index is 2.69. The minimum absolute atomic E-state index is 0.121. The lowest BCUT2D eigenvalue weighted by Gasteiger charge is -2.19. The van der Waals surface area contributed by atoms with Crippen LogP contribution < -0.4 is 4.74 Å². The van der Waals surface area contributed by atoms with Crippen molar-refractivity contribution in [1.29, 1.82) is 0 Å². The quantitative estimate of drug-likeness (QED) is 0.642. The predicted molar refractivity (Wildman–Crippen MR) is 48.1 cm³/mol. The maximum Gasteiger partial charge on any atom is 0.263 e. The van der Waals surface area contributed by atoms with Crippen LogP contribution in [0.1, 0.15) is 12.0 Å². The van der Waals surface area contributed by atoms with Crippen molar-refractivity contribution in [3.8, 4) is 11.5 Å². The molecule has 0 saturated heterocycles. The Labute approximate surface area is 80.6 Å². The minimum Gasteiger partial charge on any atom is -0.508 e. The minimum atomic E-state index is -0.724. The van der Waals surface area contributed by atoms with E-state index in [2.05, 4.69) is 4.85 Å². The maximum absolute atomic E-state index is 13.2. The molecule has 72 valence electrons. The zero-order chi connectivity index (χ0) is 10.1. The SMILES string of the molecule is [C-]#[N+]c1c(F)cc(O)c2c1OCCC2. The van der Waals surface area contributed by atoms with Crippen LogP contribution in [-0.4, -0.2) is 11.7 Å². The number of halogens is 1. The zero-order valence-corrected chi connectivity index (χ0v) is 7.38. The average Bonchev–Trinajstić information content (AvgIpc) is 2.18. The highest BCUT2D eigenvalue weighted by molar-refractivity contribution is 5.66. The number of fused-ring (bicyclic) bond motifs is 1. The normalized spacial score (nSPS) is 14.0. The van der Waals surface area contributed by atoms with E-state index in [1.54, 1.807) is 0 Å². The number of nitrogens with zero attached hydrogens (tertiary/aromatic N) is 1. The van der Waals surface area contributed by atoms with E-state index in [0.29, 0.717) is 18.6 Å². The molecule has 0 saturated carbocycles. The molecule has 0 bridgehead atoms. The maximum atomic E-state index is 13.2. The number of ether oxygens (including phenoxy) is 1. The fraction of sp³-hybridized carbons (Fsp3) is 0.300. The molecule has 1 aliphatic heterocycles. The zero-order valence-electron chi connectivity index (χ0n) is 7.38. The van der Waals surface area contributed by atoms with Crippen LogP contribution in [0.2, 0.25) is 0 Å². The highest BCUT2D eigenvalue weighted by Crippen LogP contribution is 2.42. The molecule has 0 amide bonds. The van der Waals surface area contributed by atoms with Crippen molar-refractivity contribution in [3.05, 3.63) is 28.9 Å². The molecule has 0 unspecified atom stereocenters. The lowest BCUT2D eigenvalue weighted by Crippen LogP contribution is -2.09. The van der Waals surface area contributed by atoms with Crippen LogP contribution in [0.15, 0.2) is 6.07 Å². The first-order valence-corrected chi connectivity index (χ1v) is 4.28. The fourth-order valence-corrected chi connectivity index (χ4v) is 1.57. The Morgan fingerprint density at radius 2 is 2.36 bits per heavy atom. The van der Waals surface area contributed by atoms with E-state index in [1.807, 2.05) is 0 Å². The van der Waals surface area contributed by atoms with Crippen molar-refractivity contribution in [2.24, 2.45) is 0 Å². The third kappa shape index (κ3) is 1.18. The molecular formula is C10H8FNO2. The molecule has 1 aromatic carbocycles. The monoisotopic (exact) mass is 193 g/mol. The van der Waals surface area contributed by atoms with Crippen LogP contribution in [0.5, 0.6) is 11.5 Å². The Bertz CT molecular complexity index is 423. The van der Waals surface area contributed by atoms with Gasteiger partial charge in [-0.05, 0) is 12.8 Å². The standard InChI is InChI=1S/C10H8FNO2/c1-12-9-7(11)5-8(13)6-3-2-4-14-10(6)9/h5,13H,2-4H2. The molecule has 1 aromatic rings. The number of phenolic OH excluding ortho intramolecular Hbond substituents is 1. The summed E-state index contributed by atoms with van der Waals surface area (Å²) in [4.78, 5) is 3.06. The van der Waals surface area contributed by atoms with Crippen LogP contribution in [0.4, 0.5) is 10.1 Å². The van der Waals surface area contributed by atoms with Gasteiger partial charge in [-0.25, -0.2) is 9.24 Å². The average molecular weight is 193 g/mol. The van der Waals surface area contributed by atoms with E-state index in [4.69, 9.17) is 11.3 Å². The molecule has 4 heteroatoms. The molecular weight excluding hydrogens is 185 g/mol. The number of phenols is 1. The highest BCUT2D eigenvalue weighted by Gasteiger charge is 2.22. The summed E-state index contributed by atoms with van der Waals surface area (Å²) in [6.07, 6.45) is 1.41. The summed E-state index contributed by atoms with van der Waals surface area (Å²) in [6.45, 7) is 7.29. The van der Waals surface area contributed by atoms with E-state index in [1.165, 1.54) is 0 Å². The van der Waals surface area contributed by atoms with Gasteiger partial charge in [0.15, 0.2) is 0 Å². The Morgan fingerprint density at radius 3 is 3.07 bits per heavy atom. The third-order valence-corrected chi connectivity index (χ3v) is 2.22. The first-order valence-electron chi connectivity index (χ1n) is 4.28. The molecule has 1 aliphatic rings. The van der Waals surface area contributed by atoms with Gasteiger partial charge in [0.25, 0.3) is 5.69 Å². The van der Waals surface area contributed by atoms with Gasteiger partial charge in [-0.3, -0.25) is 0 Å². The summed E-state index contributed by atoms with van der Waals surface area (Å²) in [7, 11) is 0. The summed E-state index contributed by atoms with van der Waals surface area (Å²) >= 11 is 0. The molecule has 0 radical (unpaired) electrons. The Morgan fingerprint density at radius 1 is 1.57 bits per heavy atom. The topological polar surface area (TPSA) is 33.8 Å². The van der Waals surface area contributed by atoms with Gasteiger partial charge in [-0.1, -0.05) is 0 Å². The van der Waals surface area contributed by atoms with E-state index in [0.717, 1.165) is 12.5 Å². The van der Waals surface area contributed by atoms with Crippen molar-refractivity contribution < 1.29 is 14.2 Å². The van der Waals surface area contributed by atoms with Crippen molar-refractivity contribution in [2.75, 3.05) is 6.61 Å². The number of aromatic hydroxyl groups is 1. The van der Waals surface area contributed by atoms with E-state index in [-0.39, 0.29) is 17.2 Å². The second-order valence-electron chi connectivity index (χ2n) is 3.10. The number of benzene rings is 1. The smallest absolute Gasteiger partial charge is 0.263 e. The van der Waals surface area contributed by atoms with Gasteiger partial charge in [0, 0.05) is 11.6 Å². The van der Waals surface area contributed by atoms with Gasteiger partial charge in [-0.2, -0.15) is 0 Å². The fourth-order valence-electron chi connectivity index (χ4n) is 1.57. The summed E-state index contributed by atoms with van der Waals surface area (Å²) in [5.41, 5.74) is 0.418. The van der Waals surface area contributed by atoms with Crippen LogP contribution in [0.3, 0.4) is 0 Å². The first kappa shape index (κ1) is 8.82. The van der Waals surface area contributed by atoms with Crippen LogP contribution in [-0.2, 0) is 6.42 Å². The van der Waals surface area contributed by atoms with E-state index < -0.39 is 5.82 Å². The van der Waals surface area contributed by atoms with Gasteiger partial charge < -0.3 is 9.84 Å². The predicted octanol–water partition coefficient (Wildman–Crippen LogP) is 2.41. The van der Waals surface area contributed by atoms with Crippen LogP contribution in [0.25, 0.3) is 4.85 Å². The van der Waals surface area contributed by atoms with Gasteiger partial charge >= 0.3 is 0 Å². The van der Waals surface area contributed by atoms with Crippen LogP contribution >= 0.6 is 0 Å². The number of rotatable bonds is 0. The molecule has 2 rings (SSSR count). The second-order valence-corrected chi connectivity index (χ2v) is 3.10. The Kier molecular flexibility index (Phi) is 2.01.